The smallest absolute Gasteiger partial charge is 0.263 e. The van der Waals surface area contributed by atoms with E-state index in [-0.39, 0.29) is 23.3 Å². The lowest BCUT2D eigenvalue weighted by Crippen LogP contribution is -2.24. The molecule has 0 aliphatic carbocycles. The second-order valence-electron chi connectivity index (χ2n) is 6.03. The van der Waals surface area contributed by atoms with Crippen LogP contribution in [0.25, 0.3) is 11.5 Å². The maximum absolute atomic E-state index is 12.3. The van der Waals surface area contributed by atoms with Crippen LogP contribution in [0.2, 0.25) is 0 Å². The molecule has 3 aromatic rings. The molecule has 1 amide bonds. The van der Waals surface area contributed by atoms with Gasteiger partial charge in [-0.3, -0.25) is 9.59 Å². The Balaban J connectivity index is 1.51. The molecule has 1 aliphatic rings. The average Bonchev–Trinajstić information content (AvgIpc) is 3.24. The Morgan fingerprint density at radius 3 is 2.80 bits per heavy atom. The number of pyridine rings is 1. The standard InChI is InChI=1S/C18H16N4O3/c23-15-9-13(11-22(15)10-12-5-2-1-3-6-12)16-20-18(25-21-16)14-7-4-8-19-17(14)24/h1-8,13H,9-11H2,(H,19,24)/t13-/m0/s1. The molecule has 0 unspecified atom stereocenters. The highest BCUT2D eigenvalue weighted by atomic mass is 16.5. The first-order chi connectivity index (χ1) is 12.2. The van der Waals surface area contributed by atoms with E-state index in [1.165, 1.54) is 0 Å². The van der Waals surface area contributed by atoms with Gasteiger partial charge >= 0.3 is 0 Å². The number of carbonyl (C=O) groups is 1. The number of nitrogens with zero attached hydrogens (tertiary/aromatic N) is 3. The Hall–Kier alpha value is -3.22. The van der Waals surface area contributed by atoms with Crippen molar-refractivity contribution < 1.29 is 9.32 Å². The molecule has 1 aliphatic heterocycles. The third-order valence-electron chi connectivity index (χ3n) is 4.29. The van der Waals surface area contributed by atoms with Crippen molar-refractivity contribution in [2.45, 2.75) is 18.9 Å². The Morgan fingerprint density at radius 2 is 2.00 bits per heavy atom. The Morgan fingerprint density at radius 1 is 1.16 bits per heavy atom. The summed E-state index contributed by atoms with van der Waals surface area (Å²) in [5.74, 6) is 0.572. The van der Waals surface area contributed by atoms with Crippen LogP contribution in [0.15, 0.2) is 58.0 Å². The molecular weight excluding hydrogens is 320 g/mol. The van der Waals surface area contributed by atoms with Gasteiger partial charge in [-0.2, -0.15) is 4.98 Å². The zero-order valence-corrected chi connectivity index (χ0v) is 13.4. The third kappa shape index (κ3) is 3.08. The summed E-state index contributed by atoms with van der Waals surface area (Å²) >= 11 is 0. The zero-order valence-electron chi connectivity index (χ0n) is 13.4. The lowest BCUT2D eigenvalue weighted by Gasteiger charge is -2.15. The van der Waals surface area contributed by atoms with E-state index in [9.17, 15) is 9.59 Å². The fourth-order valence-corrected chi connectivity index (χ4v) is 3.00. The van der Waals surface area contributed by atoms with Crippen LogP contribution >= 0.6 is 0 Å². The van der Waals surface area contributed by atoms with Gasteiger partial charge in [-0.05, 0) is 17.7 Å². The molecule has 1 atom stereocenters. The van der Waals surface area contributed by atoms with Crippen LogP contribution in [0.4, 0.5) is 0 Å². The summed E-state index contributed by atoms with van der Waals surface area (Å²) in [6.45, 7) is 1.11. The molecule has 126 valence electrons. The van der Waals surface area contributed by atoms with Crippen molar-refractivity contribution in [1.82, 2.24) is 20.0 Å². The van der Waals surface area contributed by atoms with Gasteiger partial charge in [-0.15, -0.1) is 0 Å². The molecule has 1 N–H and O–H groups in total. The molecule has 1 aromatic carbocycles. The fourth-order valence-electron chi connectivity index (χ4n) is 3.00. The van der Waals surface area contributed by atoms with Crippen molar-refractivity contribution in [2.24, 2.45) is 0 Å². The van der Waals surface area contributed by atoms with Gasteiger partial charge in [-0.1, -0.05) is 35.5 Å². The van der Waals surface area contributed by atoms with E-state index in [1.807, 2.05) is 30.3 Å². The Bertz CT molecular complexity index is 948. The van der Waals surface area contributed by atoms with Gasteiger partial charge in [0.1, 0.15) is 5.56 Å². The molecule has 3 heterocycles. The van der Waals surface area contributed by atoms with Crippen LogP contribution in [0.5, 0.6) is 0 Å². The number of rotatable bonds is 4. The summed E-state index contributed by atoms with van der Waals surface area (Å²) in [6.07, 6.45) is 1.89. The van der Waals surface area contributed by atoms with Crippen molar-refractivity contribution in [3.63, 3.8) is 0 Å². The van der Waals surface area contributed by atoms with Crippen molar-refractivity contribution in [3.8, 4) is 11.5 Å². The fraction of sp³-hybridized carbons (Fsp3) is 0.222. The summed E-state index contributed by atoms with van der Waals surface area (Å²) in [4.78, 5) is 32.8. The molecule has 1 fully saturated rings. The summed E-state index contributed by atoms with van der Waals surface area (Å²) in [7, 11) is 0. The van der Waals surface area contributed by atoms with Crippen LogP contribution in [-0.4, -0.2) is 32.5 Å². The van der Waals surface area contributed by atoms with Crippen molar-refractivity contribution in [1.29, 1.82) is 0 Å². The topological polar surface area (TPSA) is 92.1 Å². The van der Waals surface area contributed by atoms with E-state index in [0.29, 0.717) is 30.9 Å². The van der Waals surface area contributed by atoms with Crippen LogP contribution in [-0.2, 0) is 11.3 Å². The van der Waals surface area contributed by atoms with Crippen LogP contribution in [0.1, 0.15) is 23.7 Å². The maximum atomic E-state index is 12.3. The Labute approximate surface area is 143 Å². The van der Waals surface area contributed by atoms with Gasteiger partial charge < -0.3 is 14.4 Å². The quantitative estimate of drug-likeness (QED) is 0.786. The highest BCUT2D eigenvalue weighted by molar-refractivity contribution is 5.79. The third-order valence-corrected chi connectivity index (χ3v) is 4.29. The number of carbonyl (C=O) groups excluding carboxylic acids is 1. The second-order valence-corrected chi connectivity index (χ2v) is 6.03. The van der Waals surface area contributed by atoms with Crippen LogP contribution in [0, 0.1) is 0 Å². The van der Waals surface area contributed by atoms with Crippen LogP contribution in [0.3, 0.4) is 0 Å². The zero-order chi connectivity index (χ0) is 17.2. The van der Waals surface area contributed by atoms with Gasteiger partial charge in [0.2, 0.25) is 5.91 Å². The monoisotopic (exact) mass is 336 g/mol. The van der Waals surface area contributed by atoms with E-state index in [2.05, 4.69) is 15.1 Å². The number of benzene rings is 1. The summed E-state index contributed by atoms with van der Waals surface area (Å²) in [6, 6.07) is 13.2. The van der Waals surface area contributed by atoms with E-state index < -0.39 is 0 Å². The molecule has 0 bridgehead atoms. The lowest BCUT2D eigenvalue weighted by molar-refractivity contribution is -0.128. The SMILES string of the molecule is O=C1C[C@H](c2noc(-c3ccc[nH]c3=O)n2)CN1Cc1ccccc1. The van der Waals surface area contributed by atoms with E-state index in [1.54, 1.807) is 23.2 Å². The van der Waals surface area contributed by atoms with Crippen LogP contribution < -0.4 is 5.56 Å². The molecule has 0 saturated carbocycles. The number of hydrogen-bond acceptors (Lipinski definition) is 5. The molecular formula is C18H16N4O3. The molecule has 1 saturated heterocycles. The summed E-state index contributed by atoms with van der Waals surface area (Å²) < 4.78 is 5.22. The van der Waals surface area contributed by atoms with Crippen molar-refractivity contribution in [3.05, 3.63) is 70.4 Å². The second kappa shape index (κ2) is 6.35. The van der Waals surface area contributed by atoms with Gasteiger partial charge in [0.25, 0.3) is 11.4 Å². The minimum Gasteiger partial charge on any atom is -0.338 e. The summed E-state index contributed by atoms with van der Waals surface area (Å²) in [5.41, 5.74) is 1.12. The molecule has 7 nitrogen and oxygen atoms in total. The molecule has 0 radical (unpaired) electrons. The minimum atomic E-state index is -0.286. The van der Waals surface area contributed by atoms with Gasteiger partial charge in [0.15, 0.2) is 5.82 Å². The number of hydrogen-bond donors (Lipinski definition) is 1. The minimum absolute atomic E-state index is 0.0674. The van der Waals surface area contributed by atoms with Gasteiger partial charge in [-0.25, -0.2) is 0 Å². The molecule has 4 rings (SSSR count). The summed E-state index contributed by atoms with van der Waals surface area (Å²) in [5, 5.41) is 3.97. The van der Waals surface area contributed by atoms with Gasteiger partial charge in [0.05, 0.1) is 0 Å². The predicted octanol–water partition coefficient (Wildman–Crippen LogP) is 1.94. The number of aromatic nitrogens is 3. The van der Waals surface area contributed by atoms with E-state index in [4.69, 9.17) is 4.52 Å². The molecule has 25 heavy (non-hydrogen) atoms. The number of likely N-dealkylation sites (tertiary alicyclic amines) is 1. The number of aromatic amines is 1. The maximum Gasteiger partial charge on any atom is 0.263 e. The average molecular weight is 336 g/mol. The van der Waals surface area contributed by atoms with E-state index >= 15 is 0 Å². The molecule has 7 heteroatoms. The van der Waals surface area contributed by atoms with Gasteiger partial charge in [0, 0.05) is 31.6 Å². The number of nitrogens with one attached hydrogen (secondary N) is 1. The highest BCUT2D eigenvalue weighted by Gasteiger charge is 2.33. The normalized spacial score (nSPS) is 17.2. The number of H-pyrrole nitrogens is 1. The van der Waals surface area contributed by atoms with Crippen molar-refractivity contribution in [2.75, 3.05) is 6.54 Å². The van der Waals surface area contributed by atoms with E-state index in [0.717, 1.165) is 5.56 Å². The molecule has 2 aromatic heterocycles. The Kier molecular flexibility index (Phi) is 3.89. The lowest BCUT2D eigenvalue weighted by atomic mass is 10.1. The molecule has 0 spiro atoms. The predicted molar refractivity (Wildman–Crippen MR) is 89.6 cm³/mol. The first-order valence-corrected chi connectivity index (χ1v) is 8.04. The first kappa shape index (κ1) is 15.3. The highest BCUT2D eigenvalue weighted by Crippen LogP contribution is 2.28. The number of amides is 1. The first-order valence-electron chi connectivity index (χ1n) is 8.04. The van der Waals surface area contributed by atoms with Crippen molar-refractivity contribution >= 4 is 5.91 Å². The largest absolute Gasteiger partial charge is 0.338 e.